The molecule has 0 aliphatic rings. The summed E-state index contributed by atoms with van der Waals surface area (Å²) in [6.45, 7) is 4.44. The van der Waals surface area contributed by atoms with E-state index in [0.29, 0.717) is 0 Å². The van der Waals surface area contributed by atoms with Gasteiger partial charge in [-0.1, -0.05) is 54.3 Å². The van der Waals surface area contributed by atoms with Crippen LogP contribution < -0.4 is 0 Å². The smallest absolute Gasteiger partial charge is 0.0241 e. The second-order valence-electron chi connectivity index (χ2n) is 2.49. The normalized spacial score (nSPS) is 12.1. The number of alkyl halides is 1. The molecule has 0 aromatic rings. The summed E-state index contributed by atoms with van der Waals surface area (Å²) in [4.78, 5) is 0. The fourth-order valence-corrected chi connectivity index (χ4v) is 1.43. The third-order valence-electron chi connectivity index (χ3n) is 1.62. The highest BCUT2D eigenvalue weighted by Crippen LogP contribution is 2.07. The Morgan fingerprint density at radius 2 is 2.10 bits per heavy atom. The average Bonchev–Trinajstić information content (AvgIpc) is 1.99. The van der Waals surface area contributed by atoms with E-state index in [1.165, 1.54) is 31.3 Å². The summed E-state index contributed by atoms with van der Waals surface area (Å²) < 4.78 is 0. The summed E-state index contributed by atoms with van der Waals surface area (Å²) in [5, 5.41) is 1.05. The molecule has 0 fully saturated rings. The highest BCUT2D eigenvalue weighted by atomic mass is 79.9. The van der Waals surface area contributed by atoms with E-state index in [0.717, 1.165) is 5.33 Å². The Kier molecular flexibility index (Phi) is 7.49. The molecule has 0 aliphatic carbocycles. The molecule has 0 aliphatic heterocycles. The summed E-state index contributed by atoms with van der Waals surface area (Å²) in [7, 11) is 0. The van der Waals surface area contributed by atoms with E-state index in [2.05, 4.69) is 35.9 Å². The third kappa shape index (κ3) is 5.04. The van der Waals surface area contributed by atoms with Crippen molar-refractivity contribution >= 4 is 15.9 Å². The van der Waals surface area contributed by atoms with Crippen molar-refractivity contribution in [2.45, 2.75) is 39.5 Å². The molecule has 10 heavy (non-hydrogen) atoms. The molecule has 0 nitrogen and oxygen atoms in total. The lowest BCUT2D eigenvalue weighted by Gasteiger charge is -1.97. The average molecular weight is 205 g/mol. The summed E-state index contributed by atoms with van der Waals surface area (Å²) >= 11 is 3.46. The van der Waals surface area contributed by atoms with Crippen molar-refractivity contribution in [3.63, 3.8) is 0 Å². The van der Waals surface area contributed by atoms with Gasteiger partial charge in [-0.25, -0.2) is 0 Å². The van der Waals surface area contributed by atoms with Gasteiger partial charge in [0.2, 0.25) is 0 Å². The van der Waals surface area contributed by atoms with E-state index in [4.69, 9.17) is 0 Å². The topological polar surface area (TPSA) is 0 Å². The molecule has 0 aromatic heterocycles. The van der Waals surface area contributed by atoms with Crippen LogP contribution in [0, 0.1) is 0 Å². The molecular formula is C9H17Br. The summed E-state index contributed by atoms with van der Waals surface area (Å²) in [5.41, 5.74) is 1.54. The lowest BCUT2D eigenvalue weighted by Crippen LogP contribution is -1.81. The number of rotatable bonds is 5. The molecule has 60 valence electrons. The molecule has 0 rings (SSSR count). The van der Waals surface area contributed by atoms with E-state index >= 15 is 0 Å². The number of hydrogen-bond acceptors (Lipinski definition) is 0. The van der Waals surface area contributed by atoms with Crippen LogP contribution in [0.3, 0.4) is 0 Å². The minimum atomic E-state index is 1.05. The zero-order chi connectivity index (χ0) is 7.82. The van der Waals surface area contributed by atoms with Crippen molar-refractivity contribution in [3.8, 4) is 0 Å². The Balaban J connectivity index is 3.43. The fraction of sp³-hybridized carbons (Fsp3) is 0.778. The monoisotopic (exact) mass is 204 g/mol. The van der Waals surface area contributed by atoms with E-state index in [9.17, 15) is 0 Å². The van der Waals surface area contributed by atoms with Gasteiger partial charge < -0.3 is 0 Å². The molecule has 1 heteroatoms. The summed E-state index contributed by atoms with van der Waals surface area (Å²) in [5.74, 6) is 0. The second-order valence-corrected chi connectivity index (χ2v) is 3.05. The van der Waals surface area contributed by atoms with Crippen LogP contribution in [0.25, 0.3) is 0 Å². The van der Waals surface area contributed by atoms with Gasteiger partial charge in [-0.3, -0.25) is 0 Å². The molecule has 0 saturated heterocycles. The largest absolute Gasteiger partial charge is 0.0880 e. The van der Waals surface area contributed by atoms with Gasteiger partial charge in [0.1, 0.15) is 0 Å². The van der Waals surface area contributed by atoms with Crippen molar-refractivity contribution in [2.24, 2.45) is 0 Å². The van der Waals surface area contributed by atoms with Gasteiger partial charge in [0.05, 0.1) is 0 Å². The molecule has 0 heterocycles. The number of allylic oxidation sites excluding steroid dienone is 2. The van der Waals surface area contributed by atoms with Gasteiger partial charge >= 0.3 is 0 Å². The van der Waals surface area contributed by atoms with Gasteiger partial charge in [0.15, 0.2) is 0 Å². The molecule has 0 bridgehead atoms. The predicted molar refractivity (Wildman–Crippen MR) is 51.7 cm³/mol. The summed E-state index contributed by atoms with van der Waals surface area (Å²) in [6, 6.07) is 0. The molecule has 0 N–H and O–H groups in total. The Hall–Kier alpha value is 0.220. The van der Waals surface area contributed by atoms with Crippen molar-refractivity contribution in [2.75, 3.05) is 5.33 Å². The SMILES string of the molecule is CCCC/C=C(/CC)CBr. The minimum Gasteiger partial charge on any atom is -0.0880 e. The molecule has 0 radical (unpaired) electrons. The van der Waals surface area contributed by atoms with Crippen LogP contribution in [0.5, 0.6) is 0 Å². The molecule has 0 amide bonds. The van der Waals surface area contributed by atoms with Crippen LogP contribution in [-0.4, -0.2) is 5.33 Å². The highest BCUT2D eigenvalue weighted by molar-refractivity contribution is 9.09. The van der Waals surface area contributed by atoms with Crippen molar-refractivity contribution in [1.82, 2.24) is 0 Å². The van der Waals surface area contributed by atoms with Crippen LogP contribution in [0.2, 0.25) is 0 Å². The lowest BCUT2D eigenvalue weighted by molar-refractivity contribution is 0.808. The van der Waals surface area contributed by atoms with Gasteiger partial charge in [0.25, 0.3) is 0 Å². The highest BCUT2D eigenvalue weighted by Gasteiger charge is 1.88. The molecule has 0 spiro atoms. The number of unbranched alkanes of at least 4 members (excludes halogenated alkanes) is 2. The first kappa shape index (κ1) is 10.2. The quantitative estimate of drug-likeness (QED) is 0.362. The van der Waals surface area contributed by atoms with E-state index < -0.39 is 0 Å². The summed E-state index contributed by atoms with van der Waals surface area (Å²) in [6.07, 6.45) is 7.44. The molecule has 0 atom stereocenters. The van der Waals surface area contributed by atoms with Crippen molar-refractivity contribution in [1.29, 1.82) is 0 Å². The first-order chi connectivity index (χ1) is 4.85. The zero-order valence-electron chi connectivity index (χ0n) is 6.99. The Morgan fingerprint density at radius 1 is 1.40 bits per heavy atom. The fourth-order valence-electron chi connectivity index (χ4n) is 0.804. The molecule has 0 unspecified atom stereocenters. The van der Waals surface area contributed by atoms with Crippen molar-refractivity contribution in [3.05, 3.63) is 11.6 Å². The maximum atomic E-state index is 3.46. The molecule has 0 aromatic carbocycles. The standard InChI is InChI=1S/C9H17Br/c1-3-5-6-7-9(4-2)8-10/h7H,3-6,8H2,1-2H3/b9-7-. The van der Waals surface area contributed by atoms with Crippen LogP contribution in [0.4, 0.5) is 0 Å². The predicted octanol–water partition coefficient (Wildman–Crippen LogP) is 3.91. The maximum absolute atomic E-state index is 3.46. The van der Waals surface area contributed by atoms with Crippen LogP contribution >= 0.6 is 15.9 Å². The lowest BCUT2D eigenvalue weighted by atomic mass is 10.1. The van der Waals surface area contributed by atoms with Gasteiger partial charge in [-0.15, -0.1) is 0 Å². The van der Waals surface area contributed by atoms with E-state index in [1.54, 1.807) is 0 Å². The zero-order valence-corrected chi connectivity index (χ0v) is 8.58. The van der Waals surface area contributed by atoms with Crippen LogP contribution in [0.1, 0.15) is 39.5 Å². The molecular weight excluding hydrogens is 188 g/mol. The Morgan fingerprint density at radius 3 is 2.50 bits per heavy atom. The Labute approximate surface area is 72.8 Å². The van der Waals surface area contributed by atoms with E-state index in [1.807, 2.05) is 0 Å². The first-order valence-electron chi connectivity index (χ1n) is 4.09. The third-order valence-corrected chi connectivity index (χ3v) is 2.34. The number of halogens is 1. The number of hydrogen-bond donors (Lipinski definition) is 0. The first-order valence-corrected chi connectivity index (χ1v) is 5.21. The van der Waals surface area contributed by atoms with Gasteiger partial charge in [0, 0.05) is 5.33 Å². The van der Waals surface area contributed by atoms with E-state index in [-0.39, 0.29) is 0 Å². The van der Waals surface area contributed by atoms with Crippen LogP contribution in [0.15, 0.2) is 11.6 Å². The minimum absolute atomic E-state index is 1.05. The maximum Gasteiger partial charge on any atom is 0.0241 e. The van der Waals surface area contributed by atoms with Gasteiger partial charge in [-0.05, 0) is 12.8 Å². The Bertz CT molecular complexity index is 88.9. The molecule has 0 saturated carbocycles. The second kappa shape index (κ2) is 7.33. The van der Waals surface area contributed by atoms with Crippen LogP contribution in [-0.2, 0) is 0 Å². The van der Waals surface area contributed by atoms with Crippen molar-refractivity contribution < 1.29 is 0 Å². The van der Waals surface area contributed by atoms with Gasteiger partial charge in [-0.2, -0.15) is 0 Å².